The second kappa shape index (κ2) is 5.81. The fraction of sp³-hybridized carbons (Fsp3) is 0.467. The highest BCUT2D eigenvalue weighted by Crippen LogP contribution is 2.27. The number of likely N-dealkylation sites (tertiary alicyclic amines) is 1. The highest BCUT2D eigenvalue weighted by molar-refractivity contribution is 7.90. The van der Waals surface area contributed by atoms with Gasteiger partial charge in [0.2, 0.25) is 11.8 Å². The number of rotatable bonds is 4. The smallest absolute Gasteiger partial charge is 0.232 e. The third-order valence-corrected chi connectivity index (χ3v) is 5.24. The first kappa shape index (κ1) is 16.6. The summed E-state index contributed by atoms with van der Waals surface area (Å²) in [6.45, 7) is 3.26. The summed E-state index contributed by atoms with van der Waals surface area (Å²) in [6.07, 6.45) is 0.0574. The molecule has 2 rings (SSSR count). The van der Waals surface area contributed by atoms with Crippen molar-refractivity contribution in [1.82, 2.24) is 4.90 Å². The first-order chi connectivity index (χ1) is 10.1. The molecule has 1 aromatic rings. The molecule has 1 saturated heterocycles. The van der Waals surface area contributed by atoms with Crippen LogP contribution in [-0.4, -0.2) is 43.0 Å². The molecule has 1 aliphatic rings. The normalized spacial score (nSPS) is 23.9. The minimum atomic E-state index is -3.30. The molecule has 1 fully saturated rings. The van der Waals surface area contributed by atoms with Crippen molar-refractivity contribution in [2.24, 2.45) is 11.8 Å². The monoisotopic (exact) mass is 325 g/mol. The summed E-state index contributed by atoms with van der Waals surface area (Å²) in [6, 6.07) is 5.76. The van der Waals surface area contributed by atoms with Crippen LogP contribution in [0.5, 0.6) is 0 Å². The lowest BCUT2D eigenvalue weighted by atomic mass is 10.00. The molecule has 0 aromatic heterocycles. The van der Waals surface area contributed by atoms with Gasteiger partial charge in [0, 0.05) is 18.1 Å². The Labute approximate surface area is 129 Å². The van der Waals surface area contributed by atoms with Crippen molar-refractivity contribution in [3.8, 4) is 0 Å². The van der Waals surface area contributed by atoms with Crippen LogP contribution in [0.2, 0.25) is 0 Å². The molecule has 1 N–H and O–H groups in total. The van der Waals surface area contributed by atoms with E-state index in [-0.39, 0.29) is 35.1 Å². The minimum Gasteiger partial charge on any atom is -0.387 e. The number of hydrogen-bond acceptors (Lipinski definition) is 5. The molecule has 0 spiro atoms. The highest BCUT2D eigenvalue weighted by atomic mass is 32.2. The van der Waals surface area contributed by atoms with Crippen LogP contribution in [-0.2, 0) is 19.4 Å². The first-order valence-corrected chi connectivity index (χ1v) is 8.85. The van der Waals surface area contributed by atoms with Gasteiger partial charge in [-0.3, -0.25) is 14.5 Å². The molecule has 1 heterocycles. The lowest BCUT2D eigenvalue weighted by Gasteiger charge is -2.19. The molecule has 22 heavy (non-hydrogen) atoms. The van der Waals surface area contributed by atoms with E-state index in [1.165, 1.54) is 24.3 Å². The number of aliphatic hydroxyl groups is 1. The van der Waals surface area contributed by atoms with Crippen molar-refractivity contribution < 1.29 is 23.1 Å². The Kier molecular flexibility index (Phi) is 4.39. The predicted molar refractivity (Wildman–Crippen MR) is 79.6 cm³/mol. The predicted octanol–water partition coefficient (Wildman–Crippen LogP) is 0.764. The van der Waals surface area contributed by atoms with Gasteiger partial charge < -0.3 is 5.11 Å². The standard InChI is InChI=1S/C15H19NO5S/c1-9-10(2)15(19)16(14(9)18)8-13(17)11-4-6-12(7-5-11)22(3,20)21/h4-7,9-10,13,17H,8H2,1-3H3/t9-,10+,13-/m0/s1. The summed E-state index contributed by atoms with van der Waals surface area (Å²) in [5.74, 6) is -1.34. The van der Waals surface area contributed by atoms with Crippen LogP contribution in [0.1, 0.15) is 25.5 Å². The van der Waals surface area contributed by atoms with Crippen molar-refractivity contribution >= 4 is 21.7 Å². The SMILES string of the molecule is C[C@@H]1C(=O)N(C[C@H](O)c2ccc(S(C)(=O)=O)cc2)C(=O)[C@@H]1C. The van der Waals surface area contributed by atoms with Crippen LogP contribution >= 0.6 is 0 Å². The quantitative estimate of drug-likeness (QED) is 0.825. The fourth-order valence-corrected chi connectivity index (χ4v) is 3.05. The van der Waals surface area contributed by atoms with Gasteiger partial charge in [-0.15, -0.1) is 0 Å². The summed E-state index contributed by atoms with van der Waals surface area (Å²) in [5, 5.41) is 10.2. The zero-order valence-electron chi connectivity index (χ0n) is 12.7. The average Bonchev–Trinajstić information content (AvgIpc) is 2.64. The number of nitrogens with zero attached hydrogens (tertiary/aromatic N) is 1. The Morgan fingerprint density at radius 1 is 1.09 bits per heavy atom. The van der Waals surface area contributed by atoms with Gasteiger partial charge in [-0.1, -0.05) is 26.0 Å². The fourth-order valence-electron chi connectivity index (χ4n) is 2.42. The molecule has 0 radical (unpaired) electrons. The first-order valence-electron chi connectivity index (χ1n) is 6.96. The summed E-state index contributed by atoms with van der Waals surface area (Å²) in [5.41, 5.74) is 0.459. The second-order valence-electron chi connectivity index (χ2n) is 5.72. The molecule has 1 aromatic carbocycles. The molecule has 0 aliphatic carbocycles. The second-order valence-corrected chi connectivity index (χ2v) is 7.74. The molecular formula is C15H19NO5S. The van der Waals surface area contributed by atoms with E-state index in [2.05, 4.69) is 0 Å². The Morgan fingerprint density at radius 3 is 1.95 bits per heavy atom. The Hall–Kier alpha value is -1.73. The van der Waals surface area contributed by atoms with Crippen molar-refractivity contribution in [2.75, 3.05) is 12.8 Å². The number of sulfone groups is 1. The molecule has 6 nitrogen and oxygen atoms in total. The van der Waals surface area contributed by atoms with Gasteiger partial charge in [0.05, 0.1) is 17.5 Å². The zero-order valence-corrected chi connectivity index (χ0v) is 13.5. The summed E-state index contributed by atoms with van der Waals surface area (Å²) < 4.78 is 22.8. The van der Waals surface area contributed by atoms with E-state index >= 15 is 0 Å². The average molecular weight is 325 g/mol. The lowest BCUT2D eigenvalue weighted by Crippen LogP contribution is -2.34. The molecule has 3 atom stereocenters. The number of carbonyl (C=O) groups is 2. The van der Waals surface area contributed by atoms with Gasteiger partial charge in [-0.05, 0) is 17.7 Å². The van der Waals surface area contributed by atoms with Crippen molar-refractivity contribution in [1.29, 1.82) is 0 Å². The van der Waals surface area contributed by atoms with Crippen molar-refractivity contribution in [3.63, 3.8) is 0 Å². The van der Waals surface area contributed by atoms with Crippen LogP contribution in [0.25, 0.3) is 0 Å². The third kappa shape index (κ3) is 3.05. The van der Waals surface area contributed by atoms with Gasteiger partial charge in [0.15, 0.2) is 9.84 Å². The topological polar surface area (TPSA) is 91.8 Å². The van der Waals surface area contributed by atoms with Crippen molar-refractivity contribution in [2.45, 2.75) is 24.8 Å². The lowest BCUT2D eigenvalue weighted by molar-refractivity contribution is -0.141. The number of imide groups is 1. The van der Waals surface area contributed by atoms with E-state index in [9.17, 15) is 23.1 Å². The summed E-state index contributed by atoms with van der Waals surface area (Å²) in [7, 11) is -3.30. The maximum absolute atomic E-state index is 12.0. The molecule has 0 saturated carbocycles. The molecule has 2 amide bonds. The van der Waals surface area contributed by atoms with E-state index in [0.29, 0.717) is 5.56 Å². The number of benzene rings is 1. The molecule has 7 heteroatoms. The largest absolute Gasteiger partial charge is 0.387 e. The van der Waals surface area contributed by atoms with Gasteiger partial charge in [-0.25, -0.2) is 8.42 Å². The number of aliphatic hydroxyl groups excluding tert-OH is 1. The maximum atomic E-state index is 12.0. The van der Waals surface area contributed by atoms with Gasteiger partial charge in [0.25, 0.3) is 0 Å². The molecule has 0 bridgehead atoms. The molecule has 1 aliphatic heterocycles. The van der Waals surface area contributed by atoms with Crippen LogP contribution in [0.15, 0.2) is 29.2 Å². The summed E-state index contributed by atoms with van der Waals surface area (Å²) in [4.78, 5) is 25.2. The maximum Gasteiger partial charge on any atom is 0.232 e. The molecular weight excluding hydrogens is 306 g/mol. The van der Waals surface area contributed by atoms with Crippen LogP contribution in [0, 0.1) is 11.8 Å². The molecule has 120 valence electrons. The van der Waals surface area contributed by atoms with E-state index in [1.807, 2.05) is 0 Å². The number of hydrogen-bond donors (Lipinski definition) is 1. The summed E-state index contributed by atoms with van der Waals surface area (Å²) >= 11 is 0. The molecule has 0 unspecified atom stereocenters. The Balaban J connectivity index is 2.14. The zero-order chi connectivity index (χ0) is 16.7. The van der Waals surface area contributed by atoms with Gasteiger partial charge in [0.1, 0.15) is 0 Å². The van der Waals surface area contributed by atoms with E-state index < -0.39 is 15.9 Å². The van der Waals surface area contributed by atoms with Crippen LogP contribution < -0.4 is 0 Å². The van der Waals surface area contributed by atoms with E-state index in [1.54, 1.807) is 13.8 Å². The number of amides is 2. The third-order valence-electron chi connectivity index (χ3n) is 4.11. The number of carbonyl (C=O) groups excluding carboxylic acids is 2. The minimum absolute atomic E-state index is 0.120. The van der Waals surface area contributed by atoms with Crippen LogP contribution in [0.3, 0.4) is 0 Å². The van der Waals surface area contributed by atoms with Gasteiger partial charge >= 0.3 is 0 Å². The number of β-amino-alcohol motifs (C(OH)–C–C–N with tert-alkyl or cyclic N) is 1. The Bertz CT molecular complexity index is 675. The van der Waals surface area contributed by atoms with Gasteiger partial charge in [-0.2, -0.15) is 0 Å². The highest BCUT2D eigenvalue weighted by Gasteiger charge is 2.42. The van der Waals surface area contributed by atoms with E-state index in [4.69, 9.17) is 0 Å². The Morgan fingerprint density at radius 2 is 1.55 bits per heavy atom. The van der Waals surface area contributed by atoms with Crippen molar-refractivity contribution in [3.05, 3.63) is 29.8 Å². The van der Waals surface area contributed by atoms with E-state index in [0.717, 1.165) is 11.2 Å². The van der Waals surface area contributed by atoms with Crippen LogP contribution in [0.4, 0.5) is 0 Å².